The van der Waals surface area contributed by atoms with E-state index >= 15 is 0 Å². The molecule has 0 saturated heterocycles. The standard InChI is InChI=1S/C69H127NO5/c1-3-5-7-9-11-13-15-17-19-21-26-31-35-39-43-47-51-55-59-63-69(74)75-64-60-56-52-48-44-40-36-32-28-25-23-24-27-30-34-38-42-46-50-54-58-62-68(73)70-66(65-71)67(72)61-57-53-49-45-41-37-33-29-22-20-18-16-14-12-10-8-6-4-2/h11,13,17,19,40,44,52,56-57,61,66-67,71-72H,3-10,12,14-16,18,20-39,41-43,45-51,53-55,58-60,62-65H2,1-2H3,(H,70,73)/b13-11-,19-17-,44-40-,56-52-,61-57+. The number of aliphatic hydroxyl groups excluding tert-OH is 2. The van der Waals surface area contributed by atoms with Gasteiger partial charge in [-0.1, -0.05) is 306 Å². The number of carbonyl (C=O) groups excluding carboxylic acids is 2. The number of hydrogen-bond donors (Lipinski definition) is 3. The van der Waals surface area contributed by atoms with Gasteiger partial charge in [-0.25, -0.2) is 0 Å². The van der Waals surface area contributed by atoms with E-state index in [1.165, 1.54) is 257 Å². The van der Waals surface area contributed by atoms with E-state index in [1.54, 1.807) is 6.08 Å². The van der Waals surface area contributed by atoms with E-state index < -0.39 is 12.1 Å². The summed E-state index contributed by atoms with van der Waals surface area (Å²) in [6, 6.07) is -0.634. The predicted molar refractivity (Wildman–Crippen MR) is 328 cm³/mol. The first kappa shape index (κ1) is 72.6. The molecule has 2 unspecified atom stereocenters. The Morgan fingerprint density at radius 1 is 0.373 bits per heavy atom. The van der Waals surface area contributed by atoms with Crippen molar-refractivity contribution in [3.8, 4) is 0 Å². The lowest BCUT2D eigenvalue weighted by molar-refractivity contribution is -0.143. The summed E-state index contributed by atoms with van der Waals surface area (Å²) >= 11 is 0. The summed E-state index contributed by atoms with van der Waals surface area (Å²) in [7, 11) is 0. The monoisotopic (exact) mass is 1050 g/mol. The summed E-state index contributed by atoms with van der Waals surface area (Å²) < 4.78 is 5.43. The molecule has 0 rings (SSSR count). The topological polar surface area (TPSA) is 95.9 Å². The van der Waals surface area contributed by atoms with Gasteiger partial charge in [0.2, 0.25) is 5.91 Å². The van der Waals surface area contributed by atoms with Gasteiger partial charge in [0.25, 0.3) is 0 Å². The van der Waals surface area contributed by atoms with Gasteiger partial charge < -0.3 is 20.3 Å². The fourth-order valence-electron chi connectivity index (χ4n) is 9.97. The van der Waals surface area contributed by atoms with E-state index in [0.717, 1.165) is 57.8 Å². The van der Waals surface area contributed by atoms with Crippen LogP contribution >= 0.6 is 0 Å². The minimum absolute atomic E-state index is 0.0398. The van der Waals surface area contributed by atoms with Crippen molar-refractivity contribution in [1.82, 2.24) is 5.32 Å². The molecule has 2 atom stereocenters. The van der Waals surface area contributed by atoms with Crippen molar-refractivity contribution < 1.29 is 24.5 Å². The maximum Gasteiger partial charge on any atom is 0.305 e. The third kappa shape index (κ3) is 60.6. The number of aliphatic hydroxyl groups is 2. The lowest BCUT2D eigenvalue weighted by Gasteiger charge is -2.20. The SMILES string of the molecule is CCCCC/C=C\C/C=C\CCCCCCCCCCCC(=O)OCC/C=C\C/C=C\CCCCCCCCCCCCCCCCC(=O)NC(CO)C(O)/C=C/CCCCCCCCCCCCCCCCCC. The normalized spacial score (nSPS) is 13.0. The first-order valence-electron chi connectivity index (χ1n) is 33.1. The number of esters is 1. The van der Waals surface area contributed by atoms with Crippen molar-refractivity contribution in [3.05, 3.63) is 60.8 Å². The minimum Gasteiger partial charge on any atom is -0.465 e. The first-order valence-corrected chi connectivity index (χ1v) is 33.1. The maximum absolute atomic E-state index is 12.5. The van der Waals surface area contributed by atoms with Crippen molar-refractivity contribution in [3.63, 3.8) is 0 Å². The molecule has 0 spiro atoms. The van der Waals surface area contributed by atoms with Gasteiger partial charge in [-0.2, -0.15) is 0 Å². The number of unbranched alkanes of at least 4 members (excludes halogenated alkanes) is 42. The fourth-order valence-corrected chi connectivity index (χ4v) is 9.97. The third-order valence-electron chi connectivity index (χ3n) is 15.0. The van der Waals surface area contributed by atoms with E-state index in [2.05, 4.69) is 67.8 Å². The Bertz CT molecular complexity index is 1300. The second-order valence-electron chi connectivity index (χ2n) is 22.4. The van der Waals surface area contributed by atoms with Crippen LogP contribution in [0.3, 0.4) is 0 Å². The van der Waals surface area contributed by atoms with Crippen LogP contribution in [-0.4, -0.2) is 47.4 Å². The Balaban J connectivity index is 3.48. The minimum atomic E-state index is -0.850. The molecular weight excluding hydrogens is 923 g/mol. The van der Waals surface area contributed by atoms with Crippen LogP contribution in [0, 0.1) is 0 Å². The zero-order chi connectivity index (χ0) is 54.3. The molecule has 6 heteroatoms. The van der Waals surface area contributed by atoms with Gasteiger partial charge in [0.05, 0.1) is 25.4 Å². The highest BCUT2D eigenvalue weighted by Gasteiger charge is 2.18. The van der Waals surface area contributed by atoms with Crippen LogP contribution in [0.4, 0.5) is 0 Å². The molecule has 0 aliphatic heterocycles. The average molecular weight is 1050 g/mol. The van der Waals surface area contributed by atoms with Gasteiger partial charge in [-0.15, -0.1) is 0 Å². The van der Waals surface area contributed by atoms with Crippen LogP contribution in [0.1, 0.15) is 341 Å². The van der Waals surface area contributed by atoms with E-state index in [1.807, 2.05) is 6.08 Å². The number of amides is 1. The lowest BCUT2D eigenvalue weighted by atomic mass is 10.0. The Hall–Kier alpha value is -2.44. The predicted octanol–water partition coefficient (Wildman–Crippen LogP) is 21.1. The molecule has 0 aromatic heterocycles. The number of carbonyl (C=O) groups is 2. The quantitative estimate of drug-likeness (QED) is 0.0320. The number of nitrogens with one attached hydrogen (secondary N) is 1. The zero-order valence-corrected chi connectivity index (χ0v) is 50.0. The van der Waals surface area contributed by atoms with E-state index in [9.17, 15) is 19.8 Å². The van der Waals surface area contributed by atoms with Crippen molar-refractivity contribution in [2.45, 2.75) is 353 Å². The second kappa shape index (κ2) is 64.1. The molecule has 0 fully saturated rings. The molecule has 0 radical (unpaired) electrons. The first-order chi connectivity index (χ1) is 37.0. The average Bonchev–Trinajstić information content (AvgIpc) is 3.41. The lowest BCUT2D eigenvalue weighted by Crippen LogP contribution is -2.45. The van der Waals surface area contributed by atoms with Gasteiger partial charge >= 0.3 is 5.97 Å². The van der Waals surface area contributed by atoms with Crippen LogP contribution in [0.15, 0.2) is 60.8 Å². The summed E-state index contributed by atoms with van der Waals surface area (Å²) in [6.07, 6.45) is 84.3. The van der Waals surface area contributed by atoms with E-state index in [4.69, 9.17) is 4.74 Å². The van der Waals surface area contributed by atoms with Crippen molar-refractivity contribution in [2.24, 2.45) is 0 Å². The molecule has 0 aromatic carbocycles. The molecule has 0 aromatic rings. The van der Waals surface area contributed by atoms with Crippen LogP contribution in [-0.2, 0) is 14.3 Å². The van der Waals surface area contributed by atoms with E-state index in [-0.39, 0.29) is 18.5 Å². The molecule has 75 heavy (non-hydrogen) atoms. The summed E-state index contributed by atoms with van der Waals surface area (Å²) in [6.45, 7) is 4.78. The van der Waals surface area contributed by atoms with Gasteiger partial charge in [0.15, 0.2) is 0 Å². The van der Waals surface area contributed by atoms with Crippen molar-refractivity contribution >= 4 is 11.9 Å². The number of allylic oxidation sites excluding steroid dienone is 8. The van der Waals surface area contributed by atoms with Crippen LogP contribution < -0.4 is 5.32 Å². The highest BCUT2D eigenvalue weighted by Crippen LogP contribution is 2.17. The summed E-state index contributed by atoms with van der Waals surface area (Å²) in [5.41, 5.74) is 0. The highest BCUT2D eigenvalue weighted by atomic mass is 16.5. The Labute approximate surface area is 467 Å². The molecule has 0 aliphatic rings. The summed E-state index contributed by atoms with van der Waals surface area (Å²) in [5.74, 6) is -0.111. The number of ether oxygens (including phenoxy) is 1. The van der Waals surface area contributed by atoms with Crippen LogP contribution in [0.25, 0.3) is 0 Å². The maximum atomic E-state index is 12.5. The van der Waals surface area contributed by atoms with Gasteiger partial charge in [0, 0.05) is 12.8 Å². The third-order valence-corrected chi connectivity index (χ3v) is 15.0. The molecule has 3 N–H and O–H groups in total. The molecule has 1 amide bonds. The highest BCUT2D eigenvalue weighted by molar-refractivity contribution is 5.76. The molecule has 0 bridgehead atoms. The van der Waals surface area contributed by atoms with E-state index in [0.29, 0.717) is 19.4 Å². The summed E-state index contributed by atoms with van der Waals surface area (Å²) in [5, 5.41) is 23.2. The molecular formula is C69H127NO5. The van der Waals surface area contributed by atoms with Gasteiger partial charge in [0.1, 0.15) is 0 Å². The van der Waals surface area contributed by atoms with Crippen molar-refractivity contribution in [1.29, 1.82) is 0 Å². The Morgan fingerprint density at radius 3 is 1.04 bits per heavy atom. The van der Waals surface area contributed by atoms with Crippen LogP contribution in [0.5, 0.6) is 0 Å². The Kier molecular flexibility index (Phi) is 62.0. The van der Waals surface area contributed by atoms with Crippen LogP contribution in [0.2, 0.25) is 0 Å². The second-order valence-corrected chi connectivity index (χ2v) is 22.4. The number of hydrogen-bond acceptors (Lipinski definition) is 5. The molecule has 0 saturated carbocycles. The molecule has 0 aliphatic carbocycles. The fraction of sp³-hybridized carbons (Fsp3) is 0.826. The van der Waals surface area contributed by atoms with Crippen molar-refractivity contribution in [2.75, 3.05) is 13.2 Å². The number of rotatable bonds is 61. The largest absolute Gasteiger partial charge is 0.465 e. The molecule has 6 nitrogen and oxygen atoms in total. The smallest absolute Gasteiger partial charge is 0.305 e. The molecule has 438 valence electrons. The van der Waals surface area contributed by atoms with Gasteiger partial charge in [-0.05, 0) is 83.5 Å². The summed E-state index contributed by atoms with van der Waals surface area (Å²) in [4.78, 5) is 24.6. The van der Waals surface area contributed by atoms with Gasteiger partial charge in [-0.3, -0.25) is 9.59 Å². The Morgan fingerprint density at radius 2 is 0.667 bits per heavy atom. The molecule has 0 heterocycles. The zero-order valence-electron chi connectivity index (χ0n) is 50.0.